The Labute approximate surface area is 216 Å². The minimum atomic E-state index is 1.05. The Hall–Kier alpha value is -4.75. The first-order chi connectivity index (χ1) is 18.3. The molecule has 0 amide bonds. The van der Waals surface area contributed by atoms with Gasteiger partial charge in [-0.2, -0.15) is 0 Å². The van der Waals surface area contributed by atoms with Gasteiger partial charge in [0.15, 0.2) is 0 Å². The number of fused-ring (bicyclic) bond motifs is 3. The Bertz CT molecular complexity index is 1880. The van der Waals surface area contributed by atoms with Crippen LogP contribution in [0.4, 0.5) is 0 Å². The summed E-state index contributed by atoms with van der Waals surface area (Å²) in [6.07, 6.45) is 1.85. The molecule has 0 atom stereocenters. The molecule has 0 aliphatic rings. The fraction of sp³-hybridized carbons (Fsp3) is 0.0278. The second-order valence-corrected chi connectivity index (χ2v) is 9.62. The Kier molecular flexibility index (Phi) is 5.08. The smallest absolute Gasteiger partial charge is 0.0450 e. The molecule has 0 bridgehead atoms. The first-order valence-electron chi connectivity index (χ1n) is 12.7. The standard InChI is InChI=1S/C36H25N/c1-24-30(16-9-21-37-24)27-19-17-25-18-20-28(23-29(25)22-27)36-33-14-7-5-12-31(33)35(26-10-3-2-4-11-26)32-13-6-8-15-34(32)36/h2-23H,1H3. The van der Waals surface area contributed by atoms with Crippen molar-refractivity contribution in [2.45, 2.75) is 6.92 Å². The van der Waals surface area contributed by atoms with Gasteiger partial charge >= 0.3 is 0 Å². The highest BCUT2D eigenvalue weighted by Crippen LogP contribution is 2.44. The van der Waals surface area contributed by atoms with Gasteiger partial charge in [-0.25, -0.2) is 0 Å². The van der Waals surface area contributed by atoms with Gasteiger partial charge in [-0.15, -0.1) is 0 Å². The van der Waals surface area contributed by atoms with E-state index in [-0.39, 0.29) is 0 Å². The van der Waals surface area contributed by atoms with Crippen molar-refractivity contribution < 1.29 is 0 Å². The Balaban J connectivity index is 1.52. The molecule has 0 spiro atoms. The van der Waals surface area contributed by atoms with Gasteiger partial charge in [0.1, 0.15) is 0 Å². The van der Waals surface area contributed by atoms with E-state index in [1.54, 1.807) is 0 Å². The van der Waals surface area contributed by atoms with Gasteiger partial charge in [0.05, 0.1) is 0 Å². The molecule has 1 heteroatoms. The summed E-state index contributed by atoms with van der Waals surface area (Å²) in [6, 6.07) is 46.2. The summed E-state index contributed by atoms with van der Waals surface area (Å²) in [4.78, 5) is 4.50. The predicted octanol–water partition coefficient (Wildman–Crippen LogP) is 9.85. The summed E-state index contributed by atoms with van der Waals surface area (Å²) < 4.78 is 0. The zero-order valence-electron chi connectivity index (χ0n) is 20.6. The molecule has 0 saturated carbocycles. The average Bonchev–Trinajstić information content (AvgIpc) is 2.96. The molecular weight excluding hydrogens is 446 g/mol. The molecule has 1 aromatic heterocycles. The lowest BCUT2D eigenvalue weighted by Crippen LogP contribution is -1.91. The predicted molar refractivity (Wildman–Crippen MR) is 158 cm³/mol. The van der Waals surface area contributed by atoms with Gasteiger partial charge in [0.25, 0.3) is 0 Å². The highest BCUT2D eigenvalue weighted by atomic mass is 14.7. The summed E-state index contributed by atoms with van der Waals surface area (Å²) in [5.74, 6) is 0. The molecule has 1 nitrogen and oxygen atoms in total. The fourth-order valence-corrected chi connectivity index (χ4v) is 5.71. The normalized spacial score (nSPS) is 11.4. The fourth-order valence-electron chi connectivity index (χ4n) is 5.71. The summed E-state index contributed by atoms with van der Waals surface area (Å²) in [5.41, 5.74) is 8.49. The molecule has 174 valence electrons. The maximum absolute atomic E-state index is 4.50. The van der Waals surface area contributed by atoms with Crippen molar-refractivity contribution in [1.82, 2.24) is 4.98 Å². The number of rotatable bonds is 3. The van der Waals surface area contributed by atoms with Crippen molar-refractivity contribution in [1.29, 1.82) is 0 Å². The summed E-state index contributed by atoms with van der Waals surface area (Å²) in [5, 5.41) is 7.59. The van der Waals surface area contributed by atoms with Crippen molar-refractivity contribution in [3.8, 4) is 33.4 Å². The van der Waals surface area contributed by atoms with Gasteiger partial charge < -0.3 is 0 Å². The van der Waals surface area contributed by atoms with Crippen molar-refractivity contribution in [2.75, 3.05) is 0 Å². The lowest BCUT2D eigenvalue weighted by Gasteiger charge is -2.18. The number of pyridine rings is 1. The van der Waals surface area contributed by atoms with E-state index >= 15 is 0 Å². The van der Waals surface area contributed by atoms with Gasteiger partial charge in [-0.1, -0.05) is 109 Å². The molecule has 0 radical (unpaired) electrons. The van der Waals surface area contributed by atoms with Crippen LogP contribution in [0.15, 0.2) is 134 Å². The third-order valence-corrected chi connectivity index (χ3v) is 7.44. The van der Waals surface area contributed by atoms with E-state index in [1.165, 1.54) is 65.7 Å². The second-order valence-electron chi connectivity index (χ2n) is 9.62. The molecule has 1 heterocycles. The molecule has 0 N–H and O–H groups in total. The van der Waals surface area contributed by atoms with Crippen LogP contribution in [-0.2, 0) is 0 Å². The van der Waals surface area contributed by atoms with Crippen LogP contribution in [0.2, 0.25) is 0 Å². The number of hydrogen-bond acceptors (Lipinski definition) is 1. The minimum Gasteiger partial charge on any atom is -0.261 e. The maximum Gasteiger partial charge on any atom is 0.0450 e. The third kappa shape index (κ3) is 3.59. The van der Waals surface area contributed by atoms with Crippen molar-refractivity contribution >= 4 is 32.3 Å². The summed E-state index contributed by atoms with van der Waals surface area (Å²) in [6.45, 7) is 2.07. The molecule has 0 aliphatic carbocycles. The molecule has 0 aliphatic heterocycles. The summed E-state index contributed by atoms with van der Waals surface area (Å²) >= 11 is 0. The van der Waals surface area contributed by atoms with Crippen LogP contribution < -0.4 is 0 Å². The largest absolute Gasteiger partial charge is 0.261 e. The van der Waals surface area contributed by atoms with Crippen molar-refractivity contribution in [2.24, 2.45) is 0 Å². The van der Waals surface area contributed by atoms with Gasteiger partial charge in [-0.05, 0) is 85.3 Å². The van der Waals surface area contributed by atoms with Crippen molar-refractivity contribution in [3.63, 3.8) is 0 Å². The first-order valence-corrected chi connectivity index (χ1v) is 12.7. The number of nitrogens with zero attached hydrogens (tertiary/aromatic N) is 1. The van der Waals surface area contributed by atoms with Crippen LogP contribution >= 0.6 is 0 Å². The highest BCUT2D eigenvalue weighted by molar-refractivity contribution is 6.21. The molecule has 37 heavy (non-hydrogen) atoms. The number of benzene rings is 6. The number of hydrogen-bond donors (Lipinski definition) is 0. The van der Waals surface area contributed by atoms with E-state index < -0.39 is 0 Å². The zero-order valence-corrected chi connectivity index (χ0v) is 20.6. The summed E-state index contributed by atoms with van der Waals surface area (Å²) in [7, 11) is 0. The molecular formula is C36H25N. The lowest BCUT2D eigenvalue weighted by atomic mass is 9.85. The van der Waals surface area contributed by atoms with Crippen LogP contribution in [0.5, 0.6) is 0 Å². The molecule has 6 aromatic carbocycles. The van der Waals surface area contributed by atoms with E-state index in [1.807, 2.05) is 12.3 Å². The average molecular weight is 472 g/mol. The number of aryl methyl sites for hydroxylation is 1. The third-order valence-electron chi connectivity index (χ3n) is 7.44. The Morgan fingerprint density at radius 1 is 0.432 bits per heavy atom. The Morgan fingerprint density at radius 3 is 1.59 bits per heavy atom. The number of aromatic nitrogens is 1. The van der Waals surface area contributed by atoms with E-state index in [9.17, 15) is 0 Å². The van der Waals surface area contributed by atoms with E-state index in [0.29, 0.717) is 0 Å². The van der Waals surface area contributed by atoms with Gasteiger partial charge in [0, 0.05) is 17.5 Å². The maximum atomic E-state index is 4.50. The van der Waals surface area contributed by atoms with Gasteiger partial charge in [0.2, 0.25) is 0 Å². The van der Waals surface area contributed by atoms with Crippen LogP contribution in [0.1, 0.15) is 5.69 Å². The highest BCUT2D eigenvalue weighted by Gasteiger charge is 2.16. The van der Waals surface area contributed by atoms with Crippen LogP contribution in [-0.4, -0.2) is 4.98 Å². The zero-order chi connectivity index (χ0) is 24.8. The quantitative estimate of drug-likeness (QED) is 0.234. The van der Waals surface area contributed by atoms with Crippen LogP contribution in [0.3, 0.4) is 0 Å². The molecule has 7 rings (SSSR count). The lowest BCUT2D eigenvalue weighted by molar-refractivity contribution is 1.20. The van der Waals surface area contributed by atoms with Crippen molar-refractivity contribution in [3.05, 3.63) is 139 Å². The SMILES string of the molecule is Cc1ncccc1-c1ccc2ccc(-c3c4ccccc4c(-c4ccccc4)c4ccccc34)cc2c1. The molecule has 7 aromatic rings. The monoisotopic (exact) mass is 471 g/mol. The molecule has 0 saturated heterocycles. The molecule has 0 unspecified atom stereocenters. The van der Waals surface area contributed by atoms with Gasteiger partial charge in [-0.3, -0.25) is 4.98 Å². The topological polar surface area (TPSA) is 12.9 Å². The van der Waals surface area contributed by atoms with Crippen LogP contribution in [0, 0.1) is 6.92 Å². The molecule has 0 fully saturated rings. The Morgan fingerprint density at radius 2 is 0.973 bits per heavy atom. The van der Waals surface area contributed by atoms with Crippen LogP contribution in [0.25, 0.3) is 65.7 Å². The van der Waals surface area contributed by atoms with E-state index in [0.717, 1.165) is 5.69 Å². The second kappa shape index (κ2) is 8.72. The minimum absolute atomic E-state index is 1.05. The van der Waals surface area contributed by atoms with E-state index in [2.05, 4.69) is 133 Å². The van der Waals surface area contributed by atoms with E-state index in [4.69, 9.17) is 0 Å². The first kappa shape index (κ1) is 21.5.